The quantitative estimate of drug-likeness (QED) is 0.230. The van der Waals surface area contributed by atoms with E-state index in [-0.39, 0.29) is 13.0 Å². The molecule has 17 heteroatoms. The van der Waals surface area contributed by atoms with E-state index >= 15 is 0 Å². The third-order valence-corrected chi connectivity index (χ3v) is 7.34. The van der Waals surface area contributed by atoms with Gasteiger partial charge in [0.25, 0.3) is 23.4 Å². The van der Waals surface area contributed by atoms with Gasteiger partial charge in [-0.2, -0.15) is 13.2 Å². The Hall–Kier alpha value is -2.78. The molecule has 0 aromatic heterocycles. The number of carbonyl (C=O) groups is 5. The van der Waals surface area contributed by atoms with Crippen LogP contribution in [0.2, 0.25) is 0 Å². The molecule has 0 radical (unpaired) electrons. The van der Waals surface area contributed by atoms with Gasteiger partial charge in [-0.25, -0.2) is 18.2 Å². The van der Waals surface area contributed by atoms with Gasteiger partial charge in [0.2, 0.25) is 17.7 Å². The van der Waals surface area contributed by atoms with Crippen LogP contribution in [0.1, 0.15) is 40.0 Å². The molecular weight excluding hydrogens is 576 g/mol. The Morgan fingerprint density at radius 3 is 2.23 bits per heavy atom. The molecule has 6 atom stereocenters. The van der Waals surface area contributed by atoms with Gasteiger partial charge in [-0.15, -0.1) is 0 Å². The molecule has 3 fully saturated rings. The van der Waals surface area contributed by atoms with Crippen LogP contribution in [0, 0.1) is 23.2 Å². The predicted molar refractivity (Wildman–Crippen MR) is 126 cm³/mol. The smallest absolute Gasteiger partial charge is 0.356 e. The second-order valence-corrected chi connectivity index (χ2v) is 11.7. The summed E-state index contributed by atoms with van der Waals surface area (Å²) < 4.78 is 81.6. The molecule has 2 heterocycles. The third kappa shape index (κ3) is 7.10. The lowest BCUT2D eigenvalue weighted by Crippen LogP contribution is -2.60. The summed E-state index contributed by atoms with van der Waals surface area (Å²) in [6.07, 6.45) is -6.30. The maximum absolute atomic E-state index is 13.7. The molecule has 10 nitrogen and oxygen atoms in total. The highest BCUT2D eigenvalue weighted by molar-refractivity contribution is 6.29. The van der Waals surface area contributed by atoms with Gasteiger partial charge in [0.05, 0.1) is 18.4 Å². The van der Waals surface area contributed by atoms with Crippen molar-refractivity contribution in [3.63, 3.8) is 0 Å². The zero-order valence-electron chi connectivity index (χ0n) is 21.8. The first kappa shape index (κ1) is 31.7. The minimum Gasteiger partial charge on any atom is -0.356 e. The summed E-state index contributed by atoms with van der Waals surface area (Å²) >= 11 is 5.22. The van der Waals surface area contributed by atoms with Gasteiger partial charge in [-0.05, 0) is 18.3 Å². The van der Waals surface area contributed by atoms with Crippen molar-refractivity contribution in [3.05, 3.63) is 0 Å². The summed E-state index contributed by atoms with van der Waals surface area (Å²) in [6.45, 7) is 3.04. The van der Waals surface area contributed by atoms with Gasteiger partial charge >= 0.3 is 6.18 Å². The first-order valence-corrected chi connectivity index (χ1v) is 12.9. The summed E-state index contributed by atoms with van der Waals surface area (Å²) in [5.41, 5.74) is -1.84. The van der Waals surface area contributed by atoms with Gasteiger partial charge in [0, 0.05) is 19.5 Å². The van der Waals surface area contributed by atoms with E-state index < -0.39 is 108 Å². The molecule has 1 aliphatic carbocycles. The Balaban J connectivity index is 1.86. The van der Waals surface area contributed by atoms with Crippen molar-refractivity contribution in [2.75, 3.05) is 19.6 Å². The number of nitrogens with one attached hydrogen (secondary N) is 3. The molecule has 2 saturated heterocycles. The van der Waals surface area contributed by atoms with Gasteiger partial charge in [-0.3, -0.25) is 29.4 Å². The topological polar surface area (TPSA) is 128 Å². The summed E-state index contributed by atoms with van der Waals surface area (Å²) in [7, 11) is 0. The molecule has 1 saturated carbocycles. The molecule has 0 spiro atoms. The molecule has 0 bridgehead atoms. The largest absolute Gasteiger partial charge is 0.393 e. The van der Waals surface area contributed by atoms with Crippen molar-refractivity contribution in [1.29, 1.82) is 0 Å². The van der Waals surface area contributed by atoms with Gasteiger partial charge in [0.15, 0.2) is 0 Å². The molecule has 226 valence electrons. The van der Waals surface area contributed by atoms with Crippen LogP contribution in [0.5, 0.6) is 0 Å². The van der Waals surface area contributed by atoms with Crippen molar-refractivity contribution < 1.29 is 50.3 Å². The number of amides is 5. The molecule has 3 rings (SSSR count). The van der Waals surface area contributed by atoms with Crippen LogP contribution in [0.15, 0.2) is 0 Å². The molecule has 3 aliphatic rings. The Morgan fingerprint density at radius 1 is 1.18 bits per heavy atom. The highest BCUT2D eigenvalue weighted by atomic mass is 35.5. The zero-order valence-corrected chi connectivity index (χ0v) is 22.5. The number of likely N-dealkylation sites (tertiary alicyclic amines) is 1. The molecule has 2 aliphatic heterocycles. The number of hydrazine groups is 1. The second-order valence-electron chi connectivity index (χ2n) is 11.3. The second kappa shape index (κ2) is 11.2. The van der Waals surface area contributed by atoms with Crippen LogP contribution in [-0.4, -0.2) is 88.9 Å². The molecule has 3 N–H and O–H groups in total. The number of nitrogens with zero attached hydrogens (tertiary/aromatic N) is 2. The Bertz CT molecular complexity index is 1050. The summed E-state index contributed by atoms with van der Waals surface area (Å²) in [5.74, 6) is -13.6. The number of carbonyl (C=O) groups excluding carboxylic acids is 5. The fourth-order valence-corrected chi connectivity index (χ4v) is 4.79. The van der Waals surface area contributed by atoms with E-state index in [4.69, 9.17) is 11.6 Å². The van der Waals surface area contributed by atoms with Crippen LogP contribution in [-0.2, 0) is 24.0 Å². The van der Waals surface area contributed by atoms with Crippen molar-refractivity contribution in [1.82, 2.24) is 26.0 Å². The van der Waals surface area contributed by atoms with E-state index in [9.17, 15) is 50.3 Å². The molecular formula is C23H30ClF6N5O5. The van der Waals surface area contributed by atoms with Crippen molar-refractivity contribution in [2.24, 2.45) is 23.2 Å². The lowest BCUT2D eigenvalue weighted by Gasteiger charge is -2.36. The highest BCUT2D eigenvalue weighted by Gasteiger charge is 2.62. The van der Waals surface area contributed by atoms with Crippen molar-refractivity contribution in [2.45, 2.75) is 69.8 Å². The maximum Gasteiger partial charge on any atom is 0.393 e. The van der Waals surface area contributed by atoms with Crippen molar-refractivity contribution >= 4 is 41.1 Å². The Morgan fingerprint density at radius 2 is 1.77 bits per heavy atom. The number of hydrogen-bond donors (Lipinski definition) is 3. The maximum atomic E-state index is 13.7. The first-order valence-electron chi connectivity index (χ1n) is 12.5. The fourth-order valence-electron chi connectivity index (χ4n) is 4.68. The zero-order chi connectivity index (χ0) is 30.4. The third-order valence-electron chi connectivity index (χ3n) is 7.16. The minimum atomic E-state index is -4.85. The van der Waals surface area contributed by atoms with Crippen LogP contribution in [0.3, 0.4) is 0 Å². The van der Waals surface area contributed by atoms with E-state index in [1.165, 1.54) is 20.8 Å². The molecule has 1 unspecified atom stereocenters. The summed E-state index contributed by atoms with van der Waals surface area (Å²) in [6, 6.07) is -3.43. The van der Waals surface area contributed by atoms with Crippen molar-refractivity contribution in [3.8, 4) is 0 Å². The first-order chi connectivity index (χ1) is 18.2. The fraction of sp³-hybridized carbons (Fsp3) is 0.783. The normalized spacial score (nSPS) is 27.4. The number of hydrogen-bond acceptors (Lipinski definition) is 5. The van der Waals surface area contributed by atoms with E-state index in [1.54, 1.807) is 0 Å². The Labute approximate surface area is 230 Å². The van der Waals surface area contributed by atoms with E-state index in [0.717, 1.165) is 0 Å². The van der Waals surface area contributed by atoms with Crippen LogP contribution >= 0.6 is 11.6 Å². The van der Waals surface area contributed by atoms with Gasteiger partial charge < -0.3 is 15.5 Å². The molecule has 0 aromatic rings. The summed E-state index contributed by atoms with van der Waals surface area (Å²) in [4.78, 5) is 63.9. The van der Waals surface area contributed by atoms with Gasteiger partial charge in [-0.1, -0.05) is 32.4 Å². The molecule has 0 aromatic carbocycles. The summed E-state index contributed by atoms with van der Waals surface area (Å²) in [5, 5.41) is 5.06. The van der Waals surface area contributed by atoms with Crippen LogP contribution < -0.4 is 16.1 Å². The molecule has 5 amide bonds. The van der Waals surface area contributed by atoms with E-state index in [0.29, 0.717) is 9.91 Å². The highest BCUT2D eigenvalue weighted by Crippen LogP contribution is 2.49. The number of alkyl halides is 7. The van der Waals surface area contributed by atoms with E-state index in [2.05, 4.69) is 10.6 Å². The predicted octanol–water partition coefficient (Wildman–Crippen LogP) is 1.48. The lowest BCUT2D eigenvalue weighted by atomic mass is 9.85. The SMILES string of the molecule is CC(C)(C)[C@H](NC(=O)C1CC1(F)F)C(=O)N1C[C@H](C(F)(F)F)C[C@H]1C(=O)NN(C[C@@H]1CCNC1=O)C(=O)[C@@H](F)Cl. The van der Waals surface area contributed by atoms with E-state index in [1.807, 2.05) is 5.43 Å². The van der Waals surface area contributed by atoms with Gasteiger partial charge in [0.1, 0.15) is 18.0 Å². The van der Waals surface area contributed by atoms with Crippen LogP contribution in [0.25, 0.3) is 0 Å². The number of rotatable bonds is 7. The average Bonchev–Trinajstić information content (AvgIpc) is 3.15. The number of halogens is 7. The lowest BCUT2D eigenvalue weighted by molar-refractivity contribution is -0.171. The molecule has 40 heavy (non-hydrogen) atoms. The van der Waals surface area contributed by atoms with Crippen LogP contribution in [0.4, 0.5) is 26.3 Å². The monoisotopic (exact) mass is 605 g/mol. The average molecular weight is 606 g/mol. The Kier molecular flexibility index (Phi) is 8.92. The minimum absolute atomic E-state index is 0.217. The standard InChI is InChI=1S/C23H30ClF6N5O5/c1-21(2,3)14(32-17(37)12-7-22(12,26)27)19(39)34-9-11(23(28,29)30)6-13(34)18(38)33-35(20(40)15(24)25)8-10-4-5-31-16(10)36/h10-15H,4-9H2,1-3H3,(H,31,36)(H,32,37)(H,33,38)/t10-,11+,12?,13-,14+,15+/m0/s1.